The minimum Gasteiger partial charge on any atom is -0.199 e. The highest BCUT2D eigenvalue weighted by Crippen LogP contribution is 2.16. The molecule has 0 amide bonds. The van der Waals surface area contributed by atoms with Gasteiger partial charge in [-0.25, -0.2) is 0 Å². The molecule has 1 aromatic carbocycles. The summed E-state index contributed by atoms with van der Waals surface area (Å²) in [5, 5.41) is 0. The number of pyridine rings is 1. The summed E-state index contributed by atoms with van der Waals surface area (Å²) in [4.78, 5) is 1.30. The molecule has 0 aliphatic carbocycles. The van der Waals surface area contributed by atoms with E-state index in [1.807, 2.05) is 0 Å². The van der Waals surface area contributed by atoms with Gasteiger partial charge in [-0.3, -0.25) is 0 Å². The number of thioether (sulfide) groups is 1. The number of nitrogens with zero attached hydrogens (tertiary/aromatic N) is 1. The third-order valence-electron chi connectivity index (χ3n) is 3.30. The first-order chi connectivity index (χ1) is 9.24. The number of aromatic nitrogens is 1. The Morgan fingerprint density at radius 1 is 1.05 bits per heavy atom. The number of hydrogen-bond donors (Lipinski definition) is 0. The summed E-state index contributed by atoms with van der Waals surface area (Å²) < 4.78 is 2.24. The van der Waals surface area contributed by atoms with Crippen LogP contribution in [0.2, 0.25) is 0 Å². The molecule has 1 aromatic heterocycles. The highest BCUT2D eigenvalue weighted by Gasteiger charge is 2.07. The van der Waals surface area contributed by atoms with Crippen LogP contribution in [0, 0.1) is 0 Å². The molecular formula is C17H20NS+. The first-order valence-electron chi connectivity index (χ1n) is 6.54. The van der Waals surface area contributed by atoms with Gasteiger partial charge in [-0.2, -0.15) is 4.57 Å². The molecule has 2 aromatic rings. The van der Waals surface area contributed by atoms with E-state index < -0.39 is 0 Å². The number of rotatable bonds is 4. The smallest absolute Gasteiger partial charge is 0.199 e. The summed E-state index contributed by atoms with van der Waals surface area (Å²) in [5.74, 6) is 0. The Kier molecular flexibility index (Phi) is 4.80. The Morgan fingerprint density at radius 2 is 1.79 bits per heavy atom. The maximum atomic E-state index is 2.24. The molecule has 0 N–H and O–H groups in total. The molecule has 19 heavy (non-hydrogen) atoms. The van der Waals surface area contributed by atoms with Crippen LogP contribution in [0.5, 0.6) is 0 Å². The molecule has 0 aliphatic rings. The van der Waals surface area contributed by atoms with Gasteiger partial charge in [0.25, 0.3) is 0 Å². The predicted molar refractivity (Wildman–Crippen MR) is 84.1 cm³/mol. The molecule has 0 spiro atoms. The molecule has 1 heterocycles. The molecular weight excluding hydrogens is 250 g/mol. The highest BCUT2D eigenvalue weighted by molar-refractivity contribution is 7.98. The Labute approximate surface area is 120 Å². The molecule has 2 heteroatoms. The lowest BCUT2D eigenvalue weighted by atomic mass is 10.2. The summed E-state index contributed by atoms with van der Waals surface area (Å²) >= 11 is 1.77. The van der Waals surface area contributed by atoms with Gasteiger partial charge in [-0.05, 0) is 36.1 Å². The molecule has 1 nitrogen and oxygen atoms in total. The fourth-order valence-electron chi connectivity index (χ4n) is 2.07. The van der Waals surface area contributed by atoms with E-state index in [2.05, 4.69) is 79.4 Å². The maximum Gasteiger partial charge on any atom is 0.205 e. The van der Waals surface area contributed by atoms with E-state index in [0.717, 1.165) is 6.42 Å². The van der Waals surface area contributed by atoms with Gasteiger partial charge in [-0.1, -0.05) is 19.1 Å². The second-order valence-electron chi connectivity index (χ2n) is 4.46. The molecule has 0 atom stereocenters. The van der Waals surface area contributed by atoms with Crippen LogP contribution in [0.1, 0.15) is 23.9 Å². The predicted octanol–water partition coefficient (Wildman–Crippen LogP) is 3.97. The lowest BCUT2D eigenvalue weighted by Crippen LogP contribution is -2.36. The molecule has 0 fully saturated rings. The van der Waals surface area contributed by atoms with Crippen molar-refractivity contribution < 1.29 is 4.57 Å². The quantitative estimate of drug-likeness (QED) is 0.600. The zero-order valence-electron chi connectivity index (χ0n) is 11.8. The number of hydrogen-bond acceptors (Lipinski definition) is 1. The van der Waals surface area contributed by atoms with Crippen molar-refractivity contribution in [3.05, 3.63) is 59.4 Å². The van der Waals surface area contributed by atoms with E-state index in [4.69, 9.17) is 0 Å². The van der Waals surface area contributed by atoms with Crippen molar-refractivity contribution in [3.63, 3.8) is 0 Å². The summed E-state index contributed by atoms with van der Waals surface area (Å²) in [7, 11) is 2.12. The van der Waals surface area contributed by atoms with E-state index in [0.29, 0.717) is 0 Å². The van der Waals surface area contributed by atoms with Crippen LogP contribution < -0.4 is 4.57 Å². The summed E-state index contributed by atoms with van der Waals surface area (Å²) in [5.41, 5.74) is 3.81. The molecule has 0 saturated carbocycles. The summed E-state index contributed by atoms with van der Waals surface area (Å²) in [6.45, 7) is 2.18. The zero-order valence-corrected chi connectivity index (χ0v) is 12.6. The van der Waals surface area contributed by atoms with Crippen LogP contribution in [0.3, 0.4) is 0 Å². The van der Waals surface area contributed by atoms with Crippen molar-refractivity contribution in [2.75, 3.05) is 6.26 Å². The number of benzene rings is 1. The van der Waals surface area contributed by atoms with Crippen LogP contribution in [-0.4, -0.2) is 6.26 Å². The van der Waals surface area contributed by atoms with E-state index >= 15 is 0 Å². The van der Waals surface area contributed by atoms with E-state index in [9.17, 15) is 0 Å². The number of aryl methyl sites for hydroxylation is 1. The van der Waals surface area contributed by atoms with Gasteiger partial charge in [0.15, 0.2) is 5.69 Å². The highest BCUT2D eigenvalue weighted by atomic mass is 32.2. The molecule has 0 unspecified atom stereocenters. The topological polar surface area (TPSA) is 3.88 Å². The van der Waals surface area contributed by atoms with Gasteiger partial charge in [0.05, 0.1) is 0 Å². The fraction of sp³-hybridized carbons (Fsp3) is 0.235. The van der Waals surface area contributed by atoms with Crippen LogP contribution in [0.25, 0.3) is 12.2 Å². The van der Waals surface area contributed by atoms with Gasteiger partial charge < -0.3 is 0 Å². The van der Waals surface area contributed by atoms with Gasteiger partial charge in [-0.15, -0.1) is 11.8 Å². The minimum atomic E-state index is 1.06. The van der Waals surface area contributed by atoms with Crippen LogP contribution in [0.4, 0.5) is 0 Å². The zero-order chi connectivity index (χ0) is 13.7. The second kappa shape index (κ2) is 6.58. The molecule has 2 rings (SSSR count). The lowest BCUT2D eigenvalue weighted by Gasteiger charge is -2.00. The van der Waals surface area contributed by atoms with Crippen molar-refractivity contribution in [3.8, 4) is 0 Å². The van der Waals surface area contributed by atoms with Gasteiger partial charge in [0.1, 0.15) is 7.05 Å². The third-order valence-corrected chi connectivity index (χ3v) is 4.04. The van der Waals surface area contributed by atoms with Crippen LogP contribution in [0.15, 0.2) is 47.4 Å². The first kappa shape index (κ1) is 13.9. The molecule has 0 bridgehead atoms. The third kappa shape index (κ3) is 3.48. The molecule has 0 saturated heterocycles. The second-order valence-corrected chi connectivity index (χ2v) is 5.34. The fourth-order valence-corrected chi connectivity index (χ4v) is 2.47. The average molecular weight is 270 g/mol. The van der Waals surface area contributed by atoms with Crippen LogP contribution >= 0.6 is 11.8 Å². The largest absolute Gasteiger partial charge is 0.205 e. The Bertz CT molecular complexity index is 570. The van der Waals surface area contributed by atoms with Crippen LogP contribution in [-0.2, 0) is 13.5 Å². The first-order valence-corrected chi connectivity index (χ1v) is 7.77. The average Bonchev–Trinajstić information content (AvgIpc) is 2.47. The van der Waals surface area contributed by atoms with Crippen molar-refractivity contribution in [2.45, 2.75) is 18.2 Å². The van der Waals surface area contributed by atoms with Gasteiger partial charge >= 0.3 is 0 Å². The molecule has 0 aliphatic heterocycles. The molecule has 98 valence electrons. The van der Waals surface area contributed by atoms with Crippen molar-refractivity contribution >= 4 is 23.9 Å². The minimum absolute atomic E-state index is 1.06. The van der Waals surface area contributed by atoms with Crippen molar-refractivity contribution in [1.82, 2.24) is 0 Å². The SMILES string of the molecule is CCc1cccc(/C=C/c2ccc(SC)cc2)[n+]1C. The lowest BCUT2D eigenvalue weighted by molar-refractivity contribution is -0.680. The monoisotopic (exact) mass is 270 g/mol. The van der Waals surface area contributed by atoms with Gasteiger partial charge in [0.2, 0.25) is 5.69 Å². The maximum absolute atomic E-state index is 2.24. The van der Waals surface area contributed by atoms with Crippen molar-refractivity contribution in [1.29, 1.82) is 0 Å². The Balaban J connectivity index is 2.22. The van der Waals surface area contributed by atoms with Gasteiger partial charge in [0, 0.05) is 29.5 Å². The Hall–Kier alpha value is -1.54. The molecule has 0 radical (unpaired) electrons. The van der Waals surface area contributed by atoms with E-state index in [1.165, 1.54) is 21.8 Å². The summed E-state index contributed by atoms with van der Waals surface area (Å²) in [6.07, 6.45) is 7.49. The summed E-state index contributed by atoms with van der Waals surface area (Å²) in [6, 6.07) is 15.1. The standard InChI is InChI=1S/C17H20NS/c1-4-15-6-5-7-16(18(15)2)11-8-14-9-12-17(19-3)13-10-14/h5-13H,4H2,1-3H3/q+1/b11-8+. The Morgan fingerprint density at radius 3 is 2.42 bits per heavy atom. The van der Waals surface area contributed by atoms with E-state index in [1.54, 1.807) is 11.8 Å². The normalized spacial score (nSPS) is 11.1. The van der Waals surface area contributed by atoms with E-state index in [-0.39, 0.29) is 0 Å². The van der Waals surface area contributed by atoms with Crippen molar-refractivity contribution in [2.24, 2.45) is 7.05 Å².